The van der Waals surface area contributed by atoms with Gasteiger partial charge in [0.1, 0.15) is 6.33 Å². The zero-order valence-electron chi connectivity index (χ0n) is 11.1. The van der Waals surface area contributed by atoms with Gasteiger partial charge in [-0.3, -0.25) is 14.3 Å². The molecule has 21 heavy (non-hydrogen) atoms. The van der Waals surface area contributed by atoms with Gasteiger partial charge in [0.15, 0.2) is 5.82 Å². The standard InChI is InChI=1S/C12H13N3O3.CH2O2/c16-5-4-15-8-13-12(14-15)10-3-1-2-9(6-10)7-11(17)18;2-1-3/h1-3,6,8,16H,4-5,7H2,(H,17,18);1H,(H,2,3). The number of hydrogen-bond donors (Lipinski definition) is 3. The van der Waals surface area contributed by atoms with Gasteiger partial charge in [0, 0.05) is 5.56 Å². The molecule has 0 amide bonds. The fraction of sp³-hybridized carbons (Fsp3) is 0.231. The summed E-state index contributed by atoms with van der Waals surface area (Å²) in [4.78, 5) is 23.1. The molecule has 8 heteroatoms. The van der Waals surface area contributed by atoms with Gasteiger partial charge >= 0.3 is 5.97 Å². The Labute approximate surface area is 120 Å². The van der Waals surface area contributed by atoms with Gasteiger partial charge < -0.3 is 15.3 Å². The number of rotatable bonds is 5. The van der Waals surface area contributed by atoms with E-state index in [-0.39, 0.29) is 19.5 Å². The van der Waals surface area contributed by atoms with Gasteiger partial charge in [-0.25, -0.2) is 4.98 Å². The summed E-state index contributed by atoms with van der Waals surface area (Å²) in [5.41, 5.74) is 1.48. The van der Waals surface area contributed by atoms with E-state index >= 15 is 0 Å². The smallest absolute Gasteiger partial charge is 0.307 e. The van der Waals surface area contributed by atoms with E-state index in [0.29, 0.717) is 17.9 Å². The third kappa shape index (κ3) is 5.41. The zero-order chi connectivity index (χ0) is 15.7. The van der Waals surface area contributed by atoms with Crippen LogP contribution in [0.3, 0.4) is 0 Å². The van der Waals surface area contributed by atoms with Crippen molar-refractivity contribution in [3.8, 4) is 11.4 Å². The monoisotopic (exact) mass is 293 g/mol. The number of carboxylic acids is 1. The number of nitrogens with zero attached hydrogens (tertiary/aromatic N) is 3. The summed E-state index contributed by atoms with van der Waals surface area (Å²) in [5.74, 6) is -0.346. The molecule has 0 saturated heterocycles. The molecule has 0 aliphatic heterocycles. The van der Waals surface area contributed by atoms with E-state index in [9.17, 15) is 4.79 Å². The summed E-state index contributed by atoms with van der Waals surface area (Å²) in [6.45, 7) is 0.143. The number of aromatic nitrogens is 3. The second kappa shape index (κ2) is 8.43. The van der Waals surface area contributed by atoms with E-state index in [0.717, 1.165) is 5.56 Å². The van der Waals surface area contributed by atoms with Crippen molar-refractivity contribution in [3.05, 3.63) is 36.2 Å². The quantitative estimate of drug-likeness (QED) is 0.675. The number of aliphatic hydroxyl groups is 1. The summed E-state index contributed by atoms with van der Waals surface area (Å²) in [6.07, 6.45) is 1.51. The highest BCUT2D eigenvalue weighted by Gasteiger charge is 2.06. The van der Waals surface area contributed by atoms with Gasteiger partial charge in [-0.1, -0.05) is 18.2 Å². The Hall–Kier alpha value is -2.74. The highest BCUT2D eigenvalue weighted by atomic mass is 16.4. The van der Waals surface area contributed by atoms with Crippen LogP contribution in [-0.2, 0) is 22.6 Å². The van der Waals surface area contributed by atoms with Crippen LogP contribution in [0.4, 0.5) is 0 Å². The van der Waals surface area contributed by atoms with Crippen molar-refractivity contribution in [3.63, 3.8) is 0 Å². The van der Waals surface area contributed by atoms with Gasteiger partial charge in [-0.15, -0.1) is 0 Å². The lowest BCUT2D eigenvalue weighted by atomic mass is 10.1. The second-order valence-corrected chi connectivity index (χ2v) is 3.93. The first-order valence-corrected chi connectivity index (χ1v) is 6.00. The minimum Gasteiger partial charge on any atom is -0.483 e. The molecule has 0 saturated carbocycles. The number of aliphatic hydroxyl groups excluding tert-OH is 1. The molecule has 112 valence electrons. The topological polar surface area (TPSA) is 126 Å². The van der Waals surface area contributed by atoms with Crippen molar-refractivity contribution in [1.29, 1.82) is 0 Å². The summed E-state index contributed by atoms with van der Waals surface area (Å²) in [5, 5.41) is 28.6. The van der Waals surface area contributed by atoms with E-state index in [1.54, 1.807) is 22.9 Å². The van der Waals surface area contributed by atoms with Gasteiger partial charge in [0.05, 0.1) is 19.6 Å². The third-order valence-electron chi connectivity index (χ3n) is 2.41. The molecule has 0 spiro atoms. The van der Waals surface area contributed by atoms with E-state index in [1.807, 2.05) is 6.07 Å². The van der Waals surface area contributed by atoms with Crippen LogP contribution < -0.4 is 0 Å². The lowest BCUT2D eigenvalue weighted by molar-refractivity contribution is -0.136. The SMILES string of the molecule is O=C(O)Cc1cccc(-c2ncn(CCO)n2)c1.O=CO. The van der Waals surface area contributed by atoms with Crippen LogP contribution in [0.25, 0.3) is 11.4 Å². The first kappa shape index (κ1) is 16.3. The molecule has 1 aromatic heterocycles. The van der Waals surface area contributed by atoms with E-state index in [4.69, 9.17) is 20.1 Å². The van der Waals surface area contributed by atoms with Gasteiger partial charge in [0.25, 0.3) is 6.47 Å². The van der Waals surface area contributed by atoms with Crippen molar-refractivity contribution in [2.75, 3.05) is 6.61 Å². The summed E-state index contributed by atoms with van der Waals surface area (Å²) < 4.78 is 1.54. The average Bonchev–Trinajstić information content (AvgIpc) is 2.88. The number of aliphatic carboxylic acids is 1. The maximum absolute atomic E-state index is 10.6. The number of carboxylic acid groups (broad SMARTS) is 2. The first-order valence-electron chi connectivity index (χ1n) is 6.00. The predicted molar refractivity (Wildman–Crippen MR) is 72.6 cm³/mol. The van der Waals surface area contributed by atoms with Crippen LogP contribution in [0.15, 0.2) is 30.6 Å². The molecule has 0 bridgehead atoms. The van der Waals surface area contributed by atoms with Crippen molar-refractivity contribution >= 4 is 12.4 Å². The van der Waals surface area contributed by atoms with Crippen LogP contribution >= 0.6 is 0 Å². The molecule has 3 N–H and O–H groups in total. The molecule has 0 fully saturated rings. The largest absolute Gasteiger partial charge is 0.483 e. The summed E-state index contributed by atoms with van der Waals surface area (Å²) in [7, 11) is 0. The lowest BCUT2D eigenvalue weighted by Crippen LogP contribution is -2.02. The van der Waals surface area contributed by atoms with Gasteiger partial charge in [-0.05, 0) is 11.6 Å². The molecule has 8 nitrogen and oxygen atoms in total. The van der Waals surface area contributed by atoms with Crippen LogP contribution in [-0.4, -0.2) is 49.1 Å². The Morgan fingerprint density at radius 2 is 2.10 bits per heavy atom. The summed E-state index contributed by atoms with van der Waals surface area (Å²) in [6, 6.07) is 7.11. The molecule has 1 heterocycles. The number of benzene rings is 1. The lowest BCUT2D eigenvalue weighted by Gasteiger charge is -2.00. The Morgan fingerprint density at radius 3 is 2.71 bits per heavy atom. The third-order valence-corrected chi connectivity index (χ3v) is 2.41. The normalized spacial score (nSPS) is 9.57. The fourth-order valence-electron chi connectivity index (χ4n) is 1.63. The molecule has 0 aliphatic carbocycles. The molecule has 0 atom stereocenters. The molecular weight excluding hydrogens is 278 g/mol. The highest BCUT2D eigenvalue weighted by Crippen LogP contribution is 2.16. The second-order valence-electron chi connectivity index (χ2n) is 3.93. The minimum absolute atomic E-state index is 0.00184. The Kier molecular flexibility index (Phi) is 6.55. The van der Waals surface area contributed by atoms with Crippen LogP contribution in [0.2, 0.25) is 0 Å². The van der Waals surface area contributed by atoms with E-state index in [2.05, 4.69) is 10.1 Å². The fourth-order valence-corrected chi connectivity index (χ4v) is 1.63. The zero-order valence-corrected chi connectivity index (χ0v) is 11.1. The van der Waals surface area contributed by atoms with Crippen LogP contribution in [0.1, 0.15) is 5.56 Å². The molecular formula is C13H15N3O5. The van der Waals surface area contributed by atoms with Crippen LogP contribution in [0.5, 0.6) is 0 Å². The van der Waals surface area contributed by atoms with Gasteiger partial charge in [-0.2, -0.15) is 5.10 Å². The molecule has 0 unspecified atom stereocenters. The van der Waals surface area contributed by atoms with Gasteiger partial charge in [0.2, 0.25) is 0 Å². The molecule has 1 aromatic carbocycles. The number of hydrogen-bond acceptors (Lipinski definition) is 5. The summed E-state index contributed by atoms with van der Waals surface area (Å²) >= 11 is 0. The van der Waals surface area contributed by atoms with Crippen LogP contribution in [0, 0.1) is 0 Å². The van der Waals surface area contributed by atoms with E-state index < -0.39 is 5.97 Å². The van der Waals surface area contributed by atoms with Crippen molar-refractivity contribution < 1.29 is 24.9 Å². The predicted octanol–water partition coefficient (Wildman–Crippen LogP) is 0.265. The molecule has 2 rings (SSSR count). The number of carbonyl (C=O) groups is 2. The molecule has 0 aliphatic rings. The first-order chi connectivity index (χ1) is 10.1. The maximum atomic E-state index is 10.6. The Bertz CT molecular complexity index is 597. The van der Waals surface area contributed by atoms with Crippen molar-refractivity contribution in [2.24, 2.45) is 0 Å². The highest BCUT2D eigenvalue weighted by molar-refractivity contribution is 5.71. The maximum Gasteiger partial charge on any atom is 0.307 e. The Morgan fingerprint density at radius 1 is 1.38 bits per heavy atom. The van der Waals surface area contributed by atoms with Crippen molar-refractivity contribution in [1.82, 2.24) is 14.8 Å². The average molecular weight is 293 g/mol. The molecule has 0 radical (unpaired) electrons. The van der Waals surface area contributed by atoms with Crippen molar-refractivity contribution in [2.45, 2.75) is 13.0 Å². The Balaban J connectivity index is 0.000000677. The molecule has 2 aromatic rings. The minimum atomic E-state index is -0.870. The van der Waals surface area contributed by atoms with E-state index in [1.165, 1.54) is 6.33 Å².